The fourth-order valence-corrected chi connectivity index (χ4v) is 1.84. The highest BCUT2D eigenvalue weighted by atomic mass is 32.2. The van der Waals surface area contributed by atoms with Gasteiger partial charge in [-0.3, -0.25) is 0 Å². The Bertz CT molecular complexity index is 223. The first-order valence-corrected chi connectivity index (χ1v) is 6.34. The van der Waals surface area contributed by atoms with Crippen LogP contribution in [-0.4, -0.2) is 42.8 Å². The number of hydrogen-bond donors (Lipinski definition) is 2. The zero-order valence-corrected chi connectivity index (χ0v) is 10.5. The van der Waals surface area contributed by atoms with E-state index in [1.54, 1.807) is 11.8 Å². The predicted octanol–water partition coefficient (Wildman–Crippen LogP) is 0.922. The van der Waals surface area contributed by atoms with Gasteiger partial charge in [0, 0.05) is 19.8 Å². The SMILES string of the molecule is CNC(=S)NCCCOCN1C=CSC1. The van der Waals surface area contributed by atoms with Gasteiger partial charge >= 0.3 is 0 Å². The third-order valence-corrected chi connectivity index (χ3v) is 2.99. The molecule has 0 spiro atoms. The van der Waals surface area contributed by atoms with Crippen LogP contribution in [0.1, 0.15) is 6.42 Å². The molecule has 1 heterocycles. The molecule has 0 aliphatic carbocycles. The van der Waals surface area contributed by atoms with Crippen molar-refractivity contribution in [3.63, 3.8) is 0 Å². The Kier molecular flexibility index (Phi) is 6.54. The minimum absolute atomic E-state index is 0.681. The zero-order chi connectivity index (χ0) is 10.9. The minimum atomic E-state index is 0.681. The van der Waals surface area contributed by atoms with Gasteiger partial charge in [-0.15, -0.1) is 11.8 Å². The van der Waals surface area contributed by atoms with E-state index in [1.807, 2.05) is 7.05 Å². The molecule has 0 bridgehead atoms. The first kappa shape index (κ1) is 12.6. The number of nitrogens with one attached hydrogen (secondary N) is 2. The maximum Gasteiger partial charge on any atom is 0.166 e. The maximum absolute atomic E-state index is 5.49. The van der Waals surface area contributed by atoms with E-state index >= 15 is 0 Å². The second kappa shape index (κ2) is 7.78. The fourth-order valence-electron chi connectivity index (χ4n) is 1.04. The van der Waals surface area contributed by atoms with E-state index in [9.17, 15) is 0 Å². The Morgan fingerprint density at radius 1 is 1.67 bits per heavy atom. The highest BCUT2D eigenvalue weighted by Crippen LogP contribution is 2.14. The van der Waals surface area contributed by atoms with E-state index in [2.05, 4.69) is 27.1 Å². The molecule has 6 heteroatoms. The summed E-state index contributed by atoms with van der Waals surface area (Å²) in [5.41, 5.74) is 0. The Morgan fingerprint density at radius 3 is 3.20 bits per heavy atom. The van der Waals surface area contributed by atoms with E-state index in [-0.39, 0.29) is 0 Å². The first-order chi connectivity index (χ1) is 7.33. The third-order valence-electron chi connectivity index (χ3n) is 1.84. The molecule has 0 fully saturated rings. The monoisotopic (exact) mass is 247 g/mol. The summed E-state index contributed by atoms with van der Waals surface area (Å²) >= 11 is 6.72. The van der Waals surface area contributed by atoms with Crippen molar-refractivity contribution in [1.82, 2.24) is 15.5 Å². The average molecular weight is 247 g/mol. The number of ether oxygens (including phenoxy) is 1. The lowest BCUT2D eigenvalue weighted by Crippen LogP contribution is -2.33. The van der Waals surface area contributed by atoms with E-state index in [0.717, 1.165) is 25.4 Å². The maximum atomic E-state index is 5.49. The van der Waals surface area contributed by atoms with Crippen LogP contribution in [0, 0.1) is 0 Å². The van der Waals surface area contributed by atoms with Crippen molar-refractivity contribution in [2.75, 3.05) is 32.8 Å². The molecule has 0 unspecified atom stereocenters. The van der Waals surface area contributed by atoms with Gasteiger partial charge in [-0.25, -0.2) is 0 Å². The Hall–Kier alpha value is -0.460. The summed E-state index contributed by atoms with van der Waals surface area (Å²) < 4.78 is 5.49. The standard InChI is InChI=1S/C9H17N3OS2/c1-10-9(14)11-3-2-5-13-7-12-4-6-15-8-12/h4,6H,2-3,5,7-8H2,1H3,(H2,10,11,14). The van der Waals surface area contributed by atoms with E-state index in [1.165, 1.54) is 0 Å². The first-order valence-electron chi connectivity index (χ1n) is 4.88. The van der Waals surface area contributed by atoms with Gasteiger partial charge in [0.25, 0.3) is 0 Å². The van der Waals surface area contributed by atoms with Crippen molar-refractivity contribution in [1.29, 1.82) is 0 Å². The summed E-state index contributed by atoms with van der Waals surface area (Å²) in [6.45, 7) is 2.29. The van der Waals surface area contributed by atoms with Crippen LogP contribution in [0.4, 0.5) is 0 Å². The lowest BCUT2D eigenvalue weighted by atomic mass is 10.4. The largest absolute Gasteiger partial charge is 0.366 e. The van der Waals surface area contributed by atoms with Crippen LogP contribution in [0.3, 0.4) is 0 Å². The second-order valence-electron chi connectivity index (χ2n) is 3.07. The lowest BCUT2D eigenvalue weighted by Gasteiger charge is -2.14. The molecule has 0 aromatic rings. The van der Waals surface area contributed by atoms with Crippen molar-refractivity contribution in [3.8, 4) is 0 Å². The Morgan fingerprint density at radius 2 is 2.53 bits per heavy atom. The molecular weight excluding hydrogens is 230 g/mol. The highest BCUT2D eigenvalue weighted by Gasteiger charge is 2.03. The molecule has 0 atom stereocenters. The van der Waals surface area contributed by atoms with Gasteiger partial charge < -0.3 is 20.3 Å². The van der Waals surface area contributed by atoms with Gasteiger partial charge in [-0.2, -0.15) is 0 Å². The molecule has 1 rings (SSSR count). The summed E-state index contributed by atoms with van der Waals surface area (Å²) in [4.78, 5) is 2.14. The van der Waals surface area contributed by atoms with Gasteiger partial charge in [0.15, 0.2) is 5.11 Å². The molecule has 0 aromatic carbocycles. The van der Waals surface area contributed by atoms with E-state index in [4.69, 9.17) is 17.0 Å². The molecule has 2 N–H and O–H groups in total. The van der Waals surface area contributed by atoms with Crippen molar-refractivity contribution in [2.45, 2.75) is 6.42 Å². The fraction of sp³-hybridized carbons (Fsp3) is 0.667. The van der Waals surface area contributed by atoms with Crippen LogP contribution >= 0.6 is 24.0 Å². The van der Waals surface area contributed by atoms with Crippen molar-refractivity contribution in [2.24, 2.45) is 0 Å². The normalized spacial score (nSPS) is 14.3. The number of thiocarbonyl (C=S) groups is 1. The van der Waals surface area contributed by atoms with Crippen LogP contribution in [0.15, 0.2) is 11.6 Å². The summed E-state index contributed by atoms with van der Waals surface area (Å²) in [6.07, 6.45) is 3.02. The van der Waals surface area contributed by atoms with Crippen LogP contribution < -0.4 is 10.6 Å². The average Bonchev–Trinajstić information content (AvgIpc) is 2.75. The topological polar surface area (TPSA) is 36.5 Å². The molecule has 0 saturated carbocycles. The smallest absolute Gasteiger partial charge is 0.166 e. The summed E-state index contributed by atoms with van der Waals surface area (Å²) in [6, 6.07) is 0. The number of thioether (sulfide) groups is 1. The molecule has 1 aliphatic rings. The summed E-state index contributed by atoms with van der Waals surface area (Å²) in [5.74, 6) is 1.00. The van der Waals surface area contributed by atoms with Gasteiger partial charge in [0.1, 0.15) is 6.73 Å². The lowest BCUT2D eigenvalue weighted by molar-refractivity contribution is 0.0634. The number of rotatable bonds is 6. The van der Waals surface area contributed by atoms with Crippen LogP contribution in [-0.2, 0) is 4.74 Å². The zero-order valence-electron chi connectivity index (χ0n) is 8.86. The third kappa shape index (κ3) is 5.86. The molecule has 86 valence electrons. The number of nitrogens with zero attached hydrogens (tertiary/aromatic N) is 1. The quantitative estimate of drug-likeness (QED) is 0.537. The van der Waals surface area contributed by atoms with Gasteiger partial charge in [0.2, 0.25) is 0 Å². The molecule has 4 nitrogen and oxygen atoms in total. The molecule has 0 saturated heterocycles. The summed E-state index contributed by atoms with van der Waals surface area (Å²) in [7, 11) is 1.81. The summed E-state index contributed by atoms with van der Waals surface area (Å²) in [5, 5.41) is 8.70. The molecule has 0 radical (unpaired) electrons. The van der Waals surface area contributed by atoms with E-state index < -0.39 is 0 Å². The second-order valence-corrected chi connectivity index (χ2v) is 4.34. The molecule has 15 heavy (non-hydrogen) atoms. The Balaban J connectivity index is 1.84. The van der Waals surface area contributed by atoms with E-state index in [0.29, 0.717) is 11.8 Å². The van der Waals surface area contributed by atoms with Crippen molar-refractivity contribution in [3.05, 3.63) is 11.6 Å². The van der Waals surface area contributed by atoms with Crippen LogP contribution in [0.25, 0.3) is 0 Å². The van der Waals surface area contributed by atoms with Crippen molar-refractivity contribution >= 4 is 29.1 Å². The van der Waals surface area contributed by atoms with Gasteiger partial charge in [-0.05, 0) is 24.0 Å². The number of hydrogen-bond acceptors (Lipinski definition) is 4. The minimum Gasteiger partial charge on any atom is -0.366 e. The molecule has 0 amide bonds. The molecular formula is C9H17N3OS2. The Labute approximate surface area is 100 Å². The van der Waals surface area contributed by atoms with Crippen LogP contribution in [0.2, 0.25) is 0 Å². The predicted molar refractivity (Wildman–Crippen MR) is 68.5 cm³/mol. The van der Waals surface area contributed by atoms with Crippen LogP contribution in [0.5, 0.6) is 0 Å². The highest BCUT2D eigenvalue weighted by molar-refractivity contribution is 8.02. The van der Waals surface area contributed by atoms with Gasteiger partial charge in [0.05, 0.1) is 12.5 Å². The van der Waals surface area contributed by atoms with Crippen molar-refractivity contribution < 1.29 is 4.74 Å². The van der Waals surface area contributed by atoms with Gasteiger partial charge in [-0.1, -0.05) is 0 Å². The molecule has 0 aromatic heterocycles. The molecule has 1 aliphatic heterocycles.